The topological polar surface area (TPSA) is 44.8 Å². The highest BCUT2D eigenvalue weighted by molar-refractivity contribution is 5.91. The van der Waals surface area contributed by atoms with Crippen LogP contribution in [0.25, 0.3) is 11.1 Å². The molecule has 0 fully saturated rings. The fourth-order valence-corrected chi connectivity index (χ4v) is 4.73. The molecule has 0 aliphatic heterocycles. The lowest BCUT2D eigenvalue weighted by molar-refractivity contribution is 0.0734. The summed E-state index contributed by atoms with van der Waals surface area (Å²) >= 11 is 0. The van der Waals surface area contributed by atoms with Crippen LogP contribution in [0.3, 0.4) is 0 Å². The second-order valence-electron chi connectivity index (χ2n) is 10.8. The molecular formula is C37H48O4. The Kier molecular flexibility index (Phi) is 14.6. The normalized spacial score (nSPS) is 11.6. The van der Waals surface area contributed by atoms with Gasteiger partial charge in [-0.3, -0.25) is 0 Å². The number of esters is 1. The van der Waals surface area contributed by atoms with E-state index in [4.69, 9.17) is 14.2 Å². The van der Waals surface area contributed by atoms with Crippen molar-refractivity contribution >= 4 is 5.97 Å². The predicted molar refractivity (Wildman–Crippen MR) is 170 cm³/mol. The third-order valence-corrected chi connectivity index (χ3v) is 7.22. The lowest BCUT2D eigenvalue weighted by Gasteiger charge is -2.15. The molecule has 0 N–H and O–H groups in total. The van der Waals surface area contributed by atoms with Gasteiger partial charge in [-0.05, 0) is 98.7 Å². The molecule has 0 saturated carbocycles. The van der Waals surface area contributed by atoms with Gasteiger partial charge in [0.2, 0.25) is 0 Å². The van der Waals surface area contributed by atoms with Gasteiger partial charge >= 0.3 is 5.97 Å². The summed E-state index contributed by atoms with van der Waals surface area (Å²) < 4.78 is 17.5. The highest BCUT2D eigenvalue weighted by Crippen LogP contribution is 2.26. The predicted octanol–water partition coefficient (Wildman–Crippen LogP) is 10.6. The van der Waals surface area contributed by atoms with Crippen LogP contribution >= 0.6 is 0 Å². The minimum absolute atomic E-state index is 0.216. The van der Waals surface area contributed by atoms with Gasteiger partial charge in [-0.1, -0.05) is 82.2 Å². The summed E-state index contributed by atoms with van der Waals surface area (Å²) in [5, 5.41) is 0. The zero-order chi connectivity index (χ0) is 29.1. The molecule has 41 heavy (non-hydrogen) atoms. The highest BCUT2D eigenvalue weighted by Gasteiger charge is 2.10. The number of benzene rings is 3. The second kappa shape index (κ2) is 18.7. The third kappa shape index (κ3) is 12.3. The summed E-state index contributed by atoms with van der Waals surface area (Å²) in [6.45, 7) is 8.82. The van der Waals surface area contributed by atoms with Crippen molar-refractivity contribution in [3.63, 3.8) is 0 Å². The van der Waals surface area contributed by atoms with Crippen molar-refractivity contribution in [1.82, 2.24) is 0 Å². The average Bonchev–Trinajstić information content (AvgIpc) is 2.99. The summed E-state index contributed by atoms with van der Waals surface area (Å²) in [5.74, 6) is 1.80. The second-order valence-corrected chi connectivity index (χ2v) is 10.8. The molecule has 0 radical (unpaired) electrons. The van der Waals surface area contributed by atoms with E-state index in [1.165, 1.54) is 57.8 Å². The monoisotopic (exact) mass is 556 g/mol. The largest absolute Gasteiger partial charge is 0.494 e. The molecule has 1 atom stereocenters. The van der Waals surface area contributed by atoms with Crippen LogP contribution in [0.4, 0.5) is 0 Å². The maximum absolute atomic E-state index is 12.6. The molecule has 3 aromatic carbocycles. The van der Waals surface area contributed by atoms with Crippen molar-refractivity contribution in [2.24, 2.45) is 0 Å². The molecule has 0 amide bonds. The lowest BCUT2D eigenvalue weighted by Crippen LogP contribution is -2.11. The van der Waals surface area contributed by atoms with Gasteiger partial charge in [-0.15, -0.1) is 6.58 Å². The molecule has 1 unspecified atom stereocenters. The first-order valence-electron chi connectivity index (χ1n) is 15.5. The minimum Gasteiger partial charge on any atom is -0.494 e. The Morgan fingerprint density at radius 3 is 1.90 bits per heavy atom. The molecule has 0 aliphatic carbocycles. The summed E-state index contributed by atoms with van der Waals surface area (Å²) in [7, 11) is 0. The van der Waals surface area contributed by atoms with Gasteiger partial charge < -0.3 is 14.2 Å². The van der Waals surface area contributed by atoms with E-state index in [0.29, 0.717) is 17.9 Å². The number of allylic oxidation sites excluding steroid dienone is 1. The fourth-order valence-electron chi connectivity index (χ4n) is 4.73. The molecule has 3 aromatic rings. The number of ether oxygens (including phenoxy) is 3. The zero-order valence-electron chi connectivity index (χ0n) is 25.1. The van der Waals surface area contributed by atoms with E-state index >= 15 is 0 Å². The summed E-state index contributed by atoms with van der Waals surface area (Å²) in [4.78, 5) is 12.6. The Hall–Kier alpha value is -3.53. The highest BCUT2D eigenvalue weighted by atomic mass is 16.5. The van der Waals surface area contributed by atoms with E-state index in [1.54, 1.807) is 12.1 Å². The molecule has 0 aliphatic rings. The van der Waals surface area contributed by atoms with Crippen molar-refractivity contribution < 1.29 is 19.0 Å². The van der Waals surface area contributed by atoms with Gasteiger partial charge in [-0.2, -0.15) is 0 Å². The van der Waals surface area contributed by atoms with E-state index in [0.717, 1.165) is 41.9 Å². The van der Waals surface area contributed by atoms with Gasteiger partial charge in [0.05, 0.1) is 18.3 Å². The van der Waals surface area contributed by atoms with Gasteiger partial charge in [0, 0.05) is 0 Å². The van der Waals surface area contributed by atoms with Crippen molar-refractivity contribution in [2.75, 3.05) is 6.61 Å². The van der Waals surface area contributed by atoms with Crippen molar-refractivity contribution in [3.05, 3.63) is 91.0 Å². The van der Waals surface area contributed by atoms with E-state index in [-0.39, 0.29) is 12.1 Å². The zero-order valence-corrected chi connectivity index (χ0v) is 25.1. The number of hydrogen-bond acceptors (Lipinski definition) is 4. The van der Waals surface area contributed by atoms with Crippen LogP contribution in [0.15, 0.2) is 85.5 Å². The number of hydrogen-bond donors (Lipinski definition) is 0. The Labute approximate surface area is 247 Å². The van der Waals surface area contributed by atoms with Crippen LogP contribution in [0.1, 0.15) is 101 Å². The first-order valence-corrected chi connectivity index (χ1v) is 15.5. The molecule has 0 heterocycles. The van der Waals surface area contributed by atoms with Crippen LogP contribution < -0.4 is 14.2 Å². The number of carbonyl (C=O) groups excluding carboxylic acids is 1. The van der Waals surface area contributed by atoms with Crippen molar-refractivity contribution in [3.8, 4) is 28.4 Å². The SMILES string of the molecule is C=CCCCCCCCCOc1ccc(C(=O)Oc2ccc(-c3ccc(OC(C)CCCCCC)cc3)cc2)cc1. The van der Waals surface area contributed by atoms with Crippen LogP contribution in [0.5, 0.6) is 17.2 Å². The van der Waals surface area contributed by atoms with Crippen LogP contribution in [-0.4, -0.2) is 18.7 Å². The summed E-state index contributed by atoms with van der Waals surface area (Å²) in [6, 6.07) is 22.9. The van der Waals surface area contributed by atoms with Gasteiger partial charge in [0.15, 0.2) is 0 Å². The van der Waals surface area contributed by atoms with Crippen molar-refractivity contribution in [2.45, 2.75) is 97.0 Å². The standard InChI is InChI=1S/C37H48O4/c1-4-6-8-10-11-12-13-15-29-39-34-23-21-33(22-24-34)37(38)41-36-27-19-32(20-28-36)31-17-25-35(26-18-31)40-30(3)16-14-9-7-5-2/h4,17-28,30H,1,5-16,29H2,2-3H3. The van der Waals surface area contributed by atoms with Gasteiger partial charge in [0.1, 0.15) is 17.2 Å². The molecular weight excluding hydrogens is 508 g/mol. The first kappa shape index (κ1) is 32.0. The van der Waals surface area contributed by atoms with E-state index in [1.807, 2.05) is 54.6 Å². The smallest absolute Gasteiger partial charge is 0.343 e. The van der Waals surface area contributed by atoms with Gasteiger partial charge in [0.25, 0.3) is 0 Å². The van der Waals surface area contributed by atoms with E-state index in [9.17, 15) is 4.79 Å². The van der Waals surface area contributed by atoms with E-state index < -0.39 is 0 Å². The van der Waals surface area contributed by atoms with E-state index in [2.05, 4.69) is 32.6 Å². The Morgan fingerprint density at radius 2 is 1.27 bits per heavy atom. The summed E-state index contributed by atoms with van der Waals surface area (Å²) in [5.41, 5.74) is 2.64. The molecule has 3 rings (SSSR count). The number of carbonyl (C=O) groups is 1. The van der Waals surface area contributed by atoms with Gasteiger partial charge in [-0.25, -0.2) is 4.79 Å². The fraction of sp³-hybridized carbons (Fsp3) is 0.432. The Morgan fingerprint density at radius 1 is 0.707 bits per heavy atom. The third-order valence-electron chi connectivity index (χ3n) is 7.22. The quantitative estimate of drug-likeness (QED) is 0.0601. The van der Waals surface area contributed by atoms with Crippen LogP contribution in [0.2, 0.25) is 0 Å². The maximum Gasteiger partial charge on any atom is 0.343 e. The minimum atomic E-state index is -0.383. The molecule has 4 heteroatoms. The molecule has 0 saturated heterocycles. The average molecular weight is 557 g/mol. The summed E-state index contributed by atoms with van der Waals surface area (Å²) in [6.07, 6.45) is 16.7. The Balaban J connectivity index is 1.39. The van der Waals surface area contributed by atoms with Crippen molar-refractivity contribution in [1.29, 1.82) is 0 Å². The number of rotatable bonds is 20. The van der Waals surface area contributed by atoms with Crippen LogP contribution in [0, 0.1) is 0 Å². The molecule has 4 nitrogen and oxygen atoms in total. The molecule has 0 bridgehead atoms. The first-order chi connectivity index (χ1) is 20.1. The maximum atomic E-state index is 12.6. The van der Waals surface area contributed by atoms with Crippen LogP contribution in [-0.2, 0) is 0 Å². The Bertz CT molecular complexity index is 1130. The molecule has 0 aromatic heterocycles. The lowest BCUT2D eigenvalue weighted by atomic mass is 10.1. The number of unbranched alkanes of at least 4 members (excludes halogenated alkanes) is 9. The molecule has 220 valence electrons. The molecule has 0 spiro atoms.